The van der Waals surface area contributed by atoms with Crippen LogP contribution in [0.5, 0.6) is 0 Å². The van der Waals surface area contributed by atoms with Crippen LogP contribution in [0.25, 0.3) is 6.08 Å². The Morgan fingerprint density at radius 2 is 2.18 bits per heavy atom. The summed E-state index contributed by atoms with van der Waals surface area (Å²) in [7, 11) is 0. The molecular weight excluding hydrogens is 136 g/mol. The molecule has 0 spiro atoms. The fourth-order valence-corrected chi connectivity index (χ4v) is 0.912. The third-order valence-corrected chi connectivity index (χ3v) is 1.31. The molecule has 2 nitrogen and oxygen atoms in total. The SMILES string of the molecule is C/C(N)=C/c1cccc(N)c1. The van der Waals surface area contributed by atoms with E-state index >= 15 is 0 Å². The molecule has 0 saturated heterocycles. The highest BCUT2D eigenvalue weighted by Crippen LogP contribution is 2.08. The standard InChI is InChI=1S/C9H12N2/c1-7(10)5-8-3-2-4-9(11)6-8/h2-6H,10-11H2,1H3/b7-5-. The summed E-state index contributed by atoms with van der Waals surface area (Å²) in [6, 6.07) is 7.61. The Labute approximate surface area is 66.5 Å². The third-order valence-electron chi connectivity index (χ3n) is 1.31. The molecule has 0 aliphatic heterocycles. The molecule has 1 aromatic carbocycles. The van der Waals surface area contributed by atoms with Gasteiger partial charge in [-0.3, -0.25) is 0 Å². The van der Waals surface area contributed by atoms with Crippen LogP contribution in [-0.4, -0.2) is 0 Å². The molecule has 0 aromatic heterocycles. The van der Waals surface area contributed by atoms with Gasteiger partial charge in [-0.2, -0.15) is 0 Å². The molecule has 11 heavy (non-hydrogen) atoms. The van der Waals surface area contributed by atoms with Crippen LogP contribution < -0.4 is 11.5 Å². The van der Waals surface area contributed by atoms with Gasteiger partial charge in [-0.1, -0.05) is 12.1 Å². The molecular formula is C9H12N2. The lowest BCUT2D eigenvalue weighted by atomic mass is 10.2. The zero-order valence-corrected chi connectivity index (χ0v) is 6.54. The number of allylic oxidation sites excluding steroid dienone is 1. The van der Waals surface area contributed by atoms with Crippen LogP contribution in [0.15, 0.2) is 30.0 Å². The number of rotatable bonds is 1. The predicted molar refractivity (Wildman–Crippen MR) is 48.7 cm³/mol. The highest BCUT2D eigenvalue weighted by Gasteiger charge is 1.87. The summed E-state index contributed by atoms with van der Waals surface area (Å²) in [6.07, 6.45) is 1.89. The van der Waals surface area contributed by atoms with E-state index in [2.05, 4.69) is 0 Å². The van der Waals surface area contributed by atoms with Crippen LogP contribution in [-0.2, 0) is 0 Å². The lowest BCUT2D eigenvalue weighted by molar-refractivity contribution is 1.34. The maximum Gasteiger partial charge on any atom is 0.0320 e. The molecule has 0 heterocycles. The Balaban J connectivity index is 2.97. The summed E-state index contributed by atoms with van der Waals surface area (Å²) in [6.45, 7) is 1.85. The number of hydrogen-bond donors (Lipinski definition) is 2. The normalized spacial score (nSPS) is 11.5. The smallest absolute Gasteiger partial charge is 0.0320 e. The molecule has 0 bridgehead atoms. The molecule has 4 N–H and O–H groups in total. The van der Waals surface area contributed by atoms with Gasteiger partial charge >= 0.3 is 0 Å². The number of nitrogens with two attached hydrogens (primary N) is 2. The second-order valence-electron chi connectivity index (χ2n) is 2.56. The Hall–Kier alpha value is -1.44. The van der Waals surface area contributed by atoms with Crippen molar-refractivity contribution in [2.75, 3.05) is 5.73 Å². The van der Waals surface area contributed by atoms with Crippen molar-refractivity contribution in [2.45, 2.75) is 6.92 Å². The summed E-state index contributed by atoms with van der Waals surface area (Å²) in [5, 5.41) is 0. The maximum absolute atomic E-state index is 5.56. The van der Waals surface area contributed by atoms with E-state index in [1.165, 1.54) is 0 Å². The van der Waals surface area contributed by atoms with Crippen molar-refractivity contribution < 1.29 is 0 Å². The zero-order valence-electron chi connectivity index (χ0n) is 6.54. The predicted octanol–water partition coefficient (Wildman–Crippen LogP) is 1.59. The first-order chi connectivity index (χ1) is 5.18. The fraction of sp³-hybridized carbons (Fsp3) is 0.111. The summed E-state index contributed by atoms with van der Waals surface area (Å²) < 4.78 is 0. The first-order valence-corrected chi connectivity index (χ1v) is 3.48. The molecule has 0 fully saturated rings. The molecule has 0 atom stereocenters. The fourth-order valence-electron chi connectivity index (χ4n) is 0.912. The Kier molecular flexibility index (Phi) is 2.16. The first-order valence-electron chi connectivity index (χ1n) is 3.48. The Morgan fingerprint density at radius 3 is 2.73 bits per heavy atom. The van der Waals surface area contributed by atoms with E-state index in [1.54, 1.807) is 0 Å². The molecule has 0 aliphatic rings. The zero-order chi connectivity index (χ0) is 8.27. The van der Waals surface area contributed by atoms with Crippen molar-refractivity contribution in [3.63, 3.8) is 0 Å². The highest BCUT2D eigenvalue weighted by molar-refractivity contribution is 5.56. The van der Waals surface area contributed by atoms with Crippen molar-refractivity contribution in [3.05, 3.63) is 35.5 Å². The van der Waals surface area contributed by atoms with Gasteiger partial charge in [0.1, 0.15) is 0 Å². The van der Waals surface area contributed by atoms with Gasteiger partial charge in [0.15, 0.2) is 0 Å². The summed E-state index contributed by atoms with van der Waals surface area (Å²) in [5.74, 6) is 0. The largest absolute Gasteiger partial charge is 0.402 e. The number of nitrogen functional groups attached to an aromatic ring is 1. The lowest BCUT2D eigenvalue weighted by Gasteiger charge is -1.96. The van der Waals surface area contributed by atoms with Crippen molar-refractivity contribution in [1.82, 2.24) is 0 Å². The van der Waals surface area contributed by atoms with Crippen LogP contribution in [0.2, 0.25) is 0 Å². The third kappa shape index (κ3) is 2.34. The van der Waals surface area contributed by atoms with E-state index in [0.29, 0.717) is 0 Å². The topological polar surface area (TPSA) is 52.0 Å². The average molecular weight is 148 g/mol. The van der Waals surface area contributed by atoms with Crippen molar-refractivity contribution in [2.24, 2.45) is 5.73 Å². The minimum absolute atomic E-state index is 0.764. The van der Waals surface area contributed by atoms with Gasteiger partial charge in [-0.25, -0.2) is 0 Å². The molecule has 0 radical (unpaired) electrons. The van der Waals surface area contributed by atoms with E-state index < -0.39 is 0 Å². The van der Waals surface area contributed by atoms with Crippen LogP contribution >= 0.6 is 0 Å². The molecule has 0 saturated carbocycles. The summed E-state index contributed by atoms with van der Waals surface area (Å²) >= 11 is 0. The summed E-state index contributed by atoms with van der Waals surface area (Å²) in [5.41, 5.74) is 13.7. The van der Waals surface area contributed by atoms with E-state index in [1.807, 2.05) is 37.3 Å². The van der Waals surface area contributed by atoms with E-state index in [9.17, 15) is 0 Å². The molecule has 58 valence electrons. The first kappa shape index (κ1) is 7.66. The van der Waals surface area contributed by atoms with Crippen LogP contribution in [0.1, 0.15) is 12.5 Å². The van der Waals surface area contributed by atoms with E-state index in [0.717, 1.165) is 16.9 Å². The molecule has 0 amide bonds. The molecule has 0 aliphatic carbocycles. The van der Waals surface area contributed by atoms with E-state index in [-0.39, 0.29) is 0 Å². The van der Waals surface area contributed by atoms with Crippen molar-refractivity contribution in [3.8, 4) is 0 Å². The number of anilines is 1. The van der Waals surface area contributed by atoms with E-state index in [4.69, 9.17) is 11.5 Å². The number of hydrogen-bond acceptors (Lipinski definition) is 2. The van der Waals surface area contributed by atoms with Crippen molar-refractivity contribution in [1.29, 1.82) is 0 Å². The molecule has 1 aromatic rings. The maximum atomic E-state index is 5.56. The van der Waals surface area contributed by atoms with Crippen LogP contribution in [0.4, 0.5) is 5.69 Å². The monoisotopic (exact) mass is 148 g/mol. The minimum atomic E-state index is 0.764. The molecule has 2 heteroatoms. The average Bonchev–Trinajstić information content (AvgIpc) is 1.85. The van der Waals surface area contributed by atoms with Crippen molar-refractivity contribution >= 4 is 11.8 Å². The Bertz CT molecular complexity index is 273. The quantitative estimate of drug-likeness (QED) is 0.594. The van der Waals surface area contributed by atoms with Gasteiger partial charge in [0, 0.05) is 11.4 Å². The minimum Gasteiger partial charge on any atom is -0.402 e. The van der Waals surface area contributed by atoms with Gasteiger partial charge in [0.05, 0.1) is 0 Å². The lowest BCUT2D eigenvalue weighted by Crippen LogP contribution is -1.90. The Morgan fingerprint density at radius 1 is 1.45 bits per heavy atom. The van der Waals surface area contributed by atoms with Gasteiger partial charge < -0.3 is 11.5 Å². The highest BCUT2D eigenvalue weighted by atomic mass is 14.6. The molecule has 1 rings (SSSR count). The van der Waals surface area contributed by atoms with Gasteiger partial charge in [0.25, 0.3) is 0 Å². The van der Waals surface area contributed by atoms with Crippen LogP contribution in [0, 0.1) is 0 Å². The van der Waals surface area contributed by atoms with Gasteiger partial charge in [-0.05, 0) is 30.7 Å². The van der Waals surface area contributed by atoms with Crippen LogP contribution in [0.3, 0.4) is 0 Å². The van der Waals surface area contributed by atoms with Gasteiger partial charge in [-0.15, -0.1) is 0 Å². The second kappa shape index (κ2) is 3.10. The number of benzene rings is 1. The van der Waals surface area contributed by atoms with Gasteiger partial charge in [0.2, 0.25) is 0 Å². The summed E-state index contributed by atoms with van der Waals surface area (Å²) in [4.78, 5) is 0. The molecule has 0 unspecified atom stereocenters. The second-order valence-corrected chi connectivity index (χ2v) is 2.56.